The Labute approximate surface area is 138 Å². The van der Waals surface area contributed by atoms with Gasteiger partial charge in [-0.1, -0.05) is 18.6 Å². The summed E-state index contributed by atoms with van der Waals surface area (Å²) < 4.78 is 5.39. The Morgan fingerprint density at radius 1 is 1.22 bits per heavy atom. The van der Waals surface area contributed by atoms with Crippen LogP contribution in [0.1, 0.15) is 41.6 Å². The third-order valence-corrected chi connectivity index (χ3v) is 5.75. The van der Waals surface area contributed by atoms with Gasteiger partial charge in [0, 0.05) is 31.2 Å². The molecule has 0 spiro atoms. The van der Waals surface area contributed by atoms with E-state index >= 15 is 0 Å². The number of carbonyl (C=O) groups excluding carboxylic acids is 1. The van der Waals surface area contributed by atoms with E-state index in [1.165, 1.54) is 31.2 Å². The number of hydrogen-bond donors (Lipinski definition) is 1. The number of carbonyl (C=O) groups is 1. The van der Waals surface area contributed by atoms with Gasteiger partial charge < -0.3 is 10.1 Å². The minimum atomic E-state index is 0.103. The molecule has 1 amide bonds. The van der Waals surface area contributed by atoms with Crippen molar-refractivity contribution in [1.29, 1.82) is 0 Å². The van der Waals surface area contributed by atoms with Gasteiger partial charge in [0.05, 0.1) is 13.2 Å². The summed E-state index contributed by atoms with van der Waals surface area (Å²) in [6, 6.07) is 8.52. The number of hydrogen-bond acceptors (Lipinski definition) is 3. The van der Waals surface area contributed by atoms with Crippen LogP contribution in [0, 0.1) is 11.8 Å². The smallest absolute Gasteiger partial charge is 0.251 e. The number of morpholine rings is 1. The summed E-state index contributed by atoms with van der Waals surface area (Å²) in [5.41, 5.74) is 2.02. The molecule has 2 saturated carbocycles. The van der Waals surface area contributed by atoms with Crippen LogP contribution in [0.2, 0.25) is 0 Å². The van der Waals surface area contributed by atoms with Crippen LogP contribution in [0.15, 0.2) is 24.3 Å². The fourth-order valence-corrected chi connectivity index (χ4v) is 4.50. The van der Waals surface area contributed by atoms with Crippen LogP contribution in [0.25, 0.3) is 0 Å². The standard InChI is InChI=1S/C19H26N2O2/c22-19(20-18-12-14-4-5-16(18)10-14)17-3-1-2-15(11-17)13-21-6-8-23-9-7-21/h1-3,11,14,16,18H,4-10,12-13H2,(H,20,22)/t14-,16+,18-/m0/s1. The second kappa shape index (κ2) is 6.62. The Balaban J connectivity index is 1.38. The van der Waals surface area contributed by atoms with Crippen molar-refractivity contribution >= 4 is 5.91 Å². The minimum Gasteiger partial charge on any atom is -0.379 e. The van der Waals surface area contributed by atoms with Gasteiger partial charge in [0.25, 0.3) is 5.91 Å². The van der Waals surface area contributed by atoms with E-state index < -0.39 is 0 Å². The van der Waals surface area contributed by atoms with Gasteiger partial charge in [0.1, 0.15) is 0 Å². The Bertz CT molecular complexity index is 568. The Morgan fingerprint density at radius 3 is 2.83 bits per heavy atom. The summed E-state index contributed by atoms with van der Waals surface area (Å²) in [5, 5.41) is 3.28. The summed E-state index contributed by atoms with van der Waals surface area (Å²) in [6.07, 6.45) is 5.17. The van der Waals surface area contributed by atoms with Gasteiger partial charge in [0.15, 0.2) is 0 Å². The SMILES string of the molecule is O=C(N[C@H]1C[C@H]2CC[C@@H]1C2)c1cccc(CN2CCOCC2)c1. The van der Waals surface area contributed by atoms with Crippen molar-refractivity contribution in [2.45, 2.75) is 38.3 Å². The number of nitrogens with zero attached hydrogens (tertiary/aromatic N) is 1. The summed E-state index contributed by atoms with van der Waals surface area (Å²) in [5.74, 6) is 1.69. The number of benzene rings is 1. The molecule has 2 aliphatic carbocycles. The predicted molar refractivity (Wildman–Crippen MR) is 89.2 cm³/mol. The second-order valence-corrected chi connectivity index (χ2v) is 7.34. The highest BCUT2D eigenvalue weighted by Crippen LogP contribution is 2.44. The van der Waals surface area contributed by atoms with Crippen LogP contribution in [-0.4, -0.2) is 43.2 Å². The fourth-order valence-electron chi connectivity index (χ4n) is 4.50. The Kier molecular flexibility index (Phi) is 4.36. The highest BCUT2D eigenvalue weighted by atomic mass is 16.5. The molecule has 3 atom stereocenters. The van der Waals surface area contributed by atoms with Gasteiger partial charge in [-0.25, -0.2) is 0 Å². The molecule has 0 unspecified atom stereocenters. The van der Waals surface area contributed by atoms with Crippen LogP contribution in [0.4, 0.5) is 0 Å². The zero-order valence-electron chi connectivity index (χ0n) is 13.7. The minimum absolute atomic E-state index is 0.103. The first-order valence-electron chi connectivity index (χ1n) is 8.98. The molecule has 3 fully saturated rings. The van der Waals surface area contributed by atoms with E-state index in [1.54, 1.807) is 0 Å². The van der Waals surface area contributed by atoms with Crippen molar-refractivity contribution in [2.75, 3.05) is 26.3 Å². The summed E-state index contributed by atoms with van der Waals surface area (Å²) in [6.45, 7) is 4.47. The monoisotopic (exact) mass is 314 g/mol. The average Bonchev–Trinajstić information content (AvgIpc) is 3.19. The molecule has 23 heavy (non-hydrogen) atoms. The van der Waals surface area contributed by atoms with Gasteiger partial charge >= 0.3 is 0 Å². The Morgan fingerprint density at radius 2 is 2.09 bits per heavy atom. The molecule has 1 aliphatic heterocycles. The lowest BCUT2D eigenvalue weighted by Crippen LogP contribution is -2.38. The third kappa shape index (κ3) is 3.43. The molecule has 1 aromatic carbocycles. The number of ether oxygens (including phenoxy) is 1. The highest BCUT2D eigenvalue weighted by molar-refractivity contribution is 5.94. The van der Waals surface area contributed by atoms with Gasteiger partial charge in [0.2, 0.25) is 0 Å². The zero-order valence-corrected chi connectivity index (χ0v) is 13.7. The van der Waals surface area contributed by atoms with Crippen LogP contribution >= 0.6 is 0 Å². The summed E-state index contributed by atoms with van der Waals surface area (Å²) >= 11 is 0. The number of rotatable bonds is 4. The van der Waals surface area contributed by atoms with Crippen molar-refractivity contribution in [1.82, 2.24) is 10.2 Å². The first kappa shape index (κ1) is 15.2. The molecular formula is C19H26N2O2. The van der Waals surface area contributed by atoms with E-state index in [2.05, 4.69) is 22.3 Å². The summed E-state index contributed by atoms with van der Waals surface area (Å²) in [4.78, 5) is 15.0. The molecule has 4 heteroatoms. The largest absolute Gasteiger partial charge is 0.379 e. The van der Waals surface area contributed by atoms with Crippen molar-refractivity contribution in [3.8, 4) is 0 Å². The molecular weight excluding hydrogens is 288 g/mol. The van der Waals surface area contributed by atoms with E-state index in [4.69, 9.17) is 4.74 Å². The van der Waals surface area contributed by atoms with Crippen LogP contribution in [-0.2, 0) is 11.3 Å². The van der Waals surface area contributed by atoms with Gasteiger partial charge in [-0.3, -0.25) is 9.69 Å². The van der Waals surface area contributed by atoms with Gasteiger partial charge in [-0.05, 0) is 48.8 Å². The second-order valence-electron chi connectivity index (χ2n) is 7.34. The van der Waals surface area contributed by atoms with Crippen molar-refractivity contribution < 1.29 is 9.53 Å². The van der Waals surface area contributed by atoms with Crippen LogP contribution < -0.4 is 5.32 Å². The molecule has 1 N–H and O–H groups in total. The van der Waals surface area contributed by atoms with Crippen molar-refractivity contribution in [2.24, 2.45) is 11.8 Å². The molecule has 1 heterocycles. The van der Waals surface area contributed by atoms with Gasteiger partial charge in [-0.2, -0.15) is 0 Å². The number of nitrogens with one attached hydrogen (secondary N) is 1. The molecule has 3 aliphatic rings. The first-order valence-corrected chi connectivity index (χ1v) is 8.98. The first-order chi connectivity index (χ1) is 11.3. The molecule has 4 rings (SSSR count). The van der Waals surface area contributed by atoms with E-state index in [0.29, 0.717) is 6.04 Å². The molecule has 1 aromatic rings. The van der Waals surface area contributed by atoms with E-state index in [9.17, 15) is 4.79 Å². The lowest BCUT2D eigenvalue weighted by molar-refractivity contribution is 0.0342. The molecule has 124 valence electrons. The fraction of sp³-hybridized carbons (Fsp3) is 0.632. The van der Waals surface area contributed by atoms with Gasteiger partial charge in [-0.15, -0.1) is 0 Å². The normalized spacial score (nSPS) is 30.5. The molecule has 4 nitrogen and oxygen atoms in total. The average molecular weight is 314 g/mol. The maximum Gasteiger partial charge on any atom is 0.251 e. The lowest BCUT2D eigenvalue weighted by Gasteiger charge is -2.26. The maximum absolute atomic E-state index is 12.6. The predicted octanol–water partition coefficient (Wildman–Crippen LogP) is 2.44. The highest BCUT2D eigenvalue weighted by Gasteiger charge is 2.40. The van der Waals surface area contributed by atoms with E-state index in [0.717, 1.165) is 50.2 Å². The van der Waals surface area contributed by atoms with Crippen molar-refractivity contribution in [3.05, 3.63) is 35.4 Å². The van der Waals surface area contributed by atoms with E-state index in [-0.39, 0.29) is 5.91 Å². The molecule has 1 saturated heterocycles. The van der Waals surface area contributed by atoms with Crippen LogP contribution in [0.5, 0.6) is 0 Å². The quantitative estimate of drug-likeness (QED) is 0.928. The van der Waals surface area contributed by atoms with Crippen molar-refractivity contribution in [3.63, 3.8) is 0 Å². The molecule has 2 bridgehead atoms. The van der Waals surface area contributed by atoms with Crippen LogP contribution in [0.3, 0.4) is 0 Å². The zero-order chi connectivity index (χ0) is 15.6. The molecule has 0 radical (unpaired) electrons. The number of amides is 1. The molecule has 0 aromatic heterocycles. The number of fused-ring (bicyclic) bond motifs is 2. The summed E-state index contributed by atoms with van der Waals surface area (Å²) in [7, 11) is 0. The third-order valence-electron chi connectivity index (χ3n) is 5.75. The van der Waals surface area contributed by atoms with E-state index in [1.807, 2.05) is 12.1 Å². The maximum atomic E-state index is 12.6. The topological polar surface area (TPSA) is 41.6 Å². The lowest BCUT2D eigenvalue weighted by atomic mass is 9.95. The Hall–Kier alpha value is -1.39.